The van der Waals surface area contributed by atoms with Crippen molar-refractivity contribution in [3.63, 3.8) is 0 Å². The zero-order valence-corrected chi connectivity index (χ0v) is 13.0. The summed E-state index contributed by atoms with van der Waals surface area (Å²) in [6, 6.07) is 5.20. The molecule has 104 valence electrons. The van der Waals surface area contributed by atoms with Crippen LogP contribution < -0.4 is 0 Å². The average molecular weight is 294 g/mol. The Morgan fingerprint density at radius 2 is 1.63 bits per heavy atom. The molecule has 2 nitrogen and oxygen atoms in total. The molecule has 0 bridgehead atoms. The summed E-state index contributed by atoms with van der Waals surface area (Å²) in [7, 11) is 0. The second-order valence-corrected chi connectivity index (χ2v) is 7.69. The molecule has 19 heavy (non-hydrogen) atoms. The van der Waals surface area contributed by atoms with Crippen LogP contribution in [0.2, 0.25) is 0 Å². The van der Waals surface area contributed by atoms with E-state index in [1.54, 1.807) is 0 Å². The summed E-state index contributed by atoms with van der Waals surface area (Å²) < 4.78 is 0. The highest BCUT2D eigenvalue weighted by atomic mass is 32.2. The van der Waals surface area contributed by atoms with Crippen molar-refractivity contribution in [1.82, 2.24) is 9.88 Å². The van der Waals surface area contributed by atoms with Gasteiger partial charge in [0, 0.05) is 41.4 Å². The van der Waals surface area contributed by atoms with Crippen molar-refractivity contribution in [3.8, 4) is 0 Å². The molecule has 4 heteroatoms. The molecule has 0 aromatic carbocycles. The first kappa shape index (κ1) is 13.8. The van der Waals surface area contributed by atoms with Gasteiger partial charge in [-0.3, -0.25) is 9.88 Å². The maximum atomic E-state index is 4.12. The Hall–Kier alpha value is -0.190. The molecular formula is C15H22N2S2. The largest absolute Gasteiger partial charge is 0.299 e. The predicted octanol–water partition coefficient (Wildman–Crippen LogP) is 3.11. The van der Waals surface area contributed by atoms with Crippen LogP contribution in [-0.4, -0.2) is 52.0 Å². The third-order valence-corrected chi connectivity index (χ3v) is 6.70. The van der Waals surface area contributed by atoms with Crippen LogP contribution in [0, 0.1) is 0 Å². The van der Waals surface area contributed by atoms with E-state index in [0.29, 0.717) is 0 Å². The molecule has 0 N–H and O–H groups in total. The first-order valence-electron chi connectivity index (χ1n) is 7.23. The van der Waals surface area contributed by atoms with Crippen molar-refractivity contribution in [2.24, 2.45) is 0 Å². The number of piperidine rings is 1. The number of aromatic nitrogens is 1. The van der Waals surface area contributed by atoms with Gasteiger partial charge in [-0.05, 0) is 49.5 Å². The maximum absolute atomic E-state index is 4.12. The summed E-state index contributed by atoms with van der Waals surface area (Å²) in [5.74, 6) is 6.12. The third-order valence-electron chi connectivity index (χ3n) is 4.22. The van der Waals surface area contributed by atoms with Crippen LogP contribution in [0.15, 0.2) is 24.5 Å². The molecule has 0 amide bonds. The summed E-state index contributed by atoms with van der Waals surface area (Å²) in [6.07, 6.45) is 6.49. The fraction of sp³-hybridized carbons (Fsp3) is 0.667. The van der Waals surface area contributed by atoms with Crippen molar-refractivity contribution < 1.29 is 0 Å². The Bertz CT molecular complexity index is 369. The SMILES string of the molecule is c1cc(C2CCN(C3CSCCSC3)CC2)ccn1. The smallest absolute Gasteiger partial charge is 0.0276 e. The van der Waals surface area contributed by atoms with Crippen LogP contribution in [0.1, 0.15) is 24.3 Å². The van der Waals surface area contributed by atoms with Crippen LogP contribution >= 0.6 is 23.5 Å². The third kappa shape index (κ3) is 3.67. The number of nitrogens with zero attached hydrogens (tertiary/aromatic N) is 2. The number of rotatable bonds is 2. The molecule has 2 saturated heterocycles. The Morgan fingerprint density at radius 3 is 2.26 bits per heavy atom. The van der Waals surface area contributed by atoms with E-state index in [0.717, 1.165) is 12.0 Å². The summed E-state index contributed by atoms with van der Waals surface area (Å²) in [5, 5.41) is 0. The van der Waals surface area contributed by atoms with Gasteiger partial charge in [0.1, 0.15) is 0 Å². The van der Waals surface area contributed by atoms with Crippen molar-refractivity contribution in [2.75, 3.05) is 36.1 Å². The van der Waals surface area contributed by atoms with E-state index in [9.17, 15) is 0 Å². The lowest BCUT2D eigenvalue weighted by atomic mass is 9.89. The minimum Gasteiger partial charge on any atom is -0.299 e. The Balaban J connectivity index is 1.54. The van der Waals surface area contributed by atoms with Gasteiger partial charge < -0.3 is 0 Å². The number of pyridine rings is 1. The topological polar surface area (TPSA) is 16.1 Å². The fourth-order valence-corrected chi connectivity index (χ4v) is 5.68. The van der Waals surface area contributed by atoms with Crippen molar-refractivity contribution >= 4 is 23.5 Å². The van der Waals surface area contributed by atoms with E-state index in [1.165, 1.54) is 54.5 Å². The van der Waals surface area contributed by atoms with Gasteiger partial charge in [-0.15, -0.1) is 0 Å². The minimum absolute atomic E-state index is 0.755. The molecule has 0 atom stereocenters. The van der Waals surface area contributed by atoms with E-state index >= 15 is 0 Å². The summed E-state index contributed by atoms with van der Waals surface area (Å²) in [5.41, 5.74) is 1.49. The highest BCUT2D eigenvalue weighted by molar-refractivity contribution is 8.03. The highest BCUT2D eigenvalue weighted by Gasteiger charge is 2.26. The van der Waals surface area contributed by atoms with Crippen LogP contribution in [0.4, 0.5) is 0 Å². The monoisotopic (exact) mass is 294 g/mol. The molecule has 1 aromatic rings. The molecule has 3 heterocycles. The standard InChI is InChI=1S/C15H22N2S2/c1-5-16-6-2-13(1)14-3-7-17(8-4-14)15-11-18-9-10-19-12-15/h1-2,5-6,14-15H,3-4,7-12H2. The molecule has 3 rings (SSSR count). The molecule has 0 spiro atoms. The van der Waals surface area contributed by atoms with Crippen LogP contribution in [0.25, 0.3) is 0 Å². The first-order chi connectivity index (χ1) is 9.43. The van der Waals surface area contributed by atoms with Gasteiger partial charge in [-0.1, -0.05) is 0 Å². The van der Waals surface area contributed by atoms with Crippen molar-refractivity contribution in [1.29, 1.82) is 0 Å². The van der Waals surface area contributed by atoms with E-state index in [-0.39, 0.29) is 0 Å². The van der Waals surface area contributed by atoms with Gasteiger partial charge in [0.2, 0.25) is 0 Å². The lowest BCUT2D eigenvalue weighted by molar-refractivity contribution is 0.177. The quantitative estimate of drug-likeness (QED) is 0.832. The predicted molar refractivity (Wildman–Crippen MR) is 86.2 cm³/mol. The average Bonchev–Trinajstić information content (AvgIpc) is 2.77. The lowest BCUT2D eigenvalue weighted by Crippen LogP contribution is -2.43. The molecule has 0 radical (unpaired) electrons. The molecule has 2 aliphatic rings. The number of hydrogen-bond acceptors (Lipinski definition) is 4. The number of likely N-dealkylation sites (tertiary alicyclic amines) is 1. The normalized spacial score (nSPS) is 24.2. The molecule has 1 aromatic heterocycles. The maximum Gasteiger partial charge on any atom is 0.0276 e. The van der Waals surface area contributed by atoms with Crippen LogP contribution in [0.3, 0.4) is 0 Å². The van der Waals surface area contributed by atoms with Gasteiger partial charge in [0.25, 0.3) is 0 Å². The lowest BCUT2D eigenvalue weighted by Gasteiger charge is -2.37. The Labute approximate surface area is 124 Å². The summed E-state index contributed by atoms with van der Waals surface area (Å²) in [6.45, 7) is 2.55. The zero-order valence-electron chi connectivity index (χ0n) is 11.3. The van der Waals surface area contributed by atoms with Gasteiger partial charge in [-0.25, -0.2) is 0 Å². The molecular weight excluding hydrogens is 272 g/mol. The molecule has 2 fully saturated rings. The fourth-order valence-electron chi connectivity index (χ4n) is 3.05. The first-order valence-corrected chi connectivity index (χ1v) is 9.54. The van der Waals surface area contributed by atoms with Gasteiger partial charge in [0.05, 0.1) is 0 Å². The Morgan fingerprint density at radius 1 is 1.00 bits per heavy atom. The van der Waals surface area contributed by atoms with Crippen molar-refractivity contribution in [3.05, 3.63) is 30.1 Å². The molecule has 0 saturated carbocycles. The van der Waals surface area contributed by atoms with Crippen LogP contribution in [-0.2, 0) is 0 Å². The zero-order chi connectivity index (χ0) is 12.9. The highest BCUT2D eigenvalue weighted by Crippen LogP contribution is 2.30. The molecule has 0 unspecified atom stereocenters. The second kappa shape index (κ2) is 7.00. The number of hydrogen-bond donors (Lipinski definition) is 0. The van der Waals surface area contributed by atoms with Gasteiger partial charge in [-0.2, -0.15) is 23.5 Å². The van der Waals surface area contributed by atoms with Crippen LogP contribution in [0.5, 0.6) is 0 Å². The van der Waals surface area contributed by atoms with Gasteiger partial charge in [0.15, 0.2) is 0 Å². The molecule has 2 aliphatic heterocycles. The van der Waals surface area contributed by atoms with Gasteiger partial charge >= 0.3 is 0 Å². The minimum atomic E-state index is 0.755. The summed E-state index contributed by atoms with van der Waals surface area (Å²) in [4.78, 5) is 6.86. The van der Waals surface area contributed by atoms with E-state index in [1.807, 2.05) is 12.4 Å². The Kier molecular flexibility index (Phi) is 5.08. The van der Waals surface area contributed by atoms with E-state index in [4.69, 9.17) is 0 Å². The molecule has 0 aliphatic carbocycles. The summed E-state index contributed by atoms with van der Waals surface area (Å²) >= 11 is 4.29. The number of thioether (sulfide) groups is 2. The van der Waals surface area contributed by atoms with E-state index < -0.39 is 0 Å². The van der Waals surface area contributed by atoms with Crippen molar-refractivity contribution in [2.45, 2.75) is 24.8 Å². The van der Waals surface area contributed by atoms with E-state index in [2.05, 4.69) is 45.5 Å². The second-order valence-electron chi connectivity index (χ2n) is 5.39.